The Labute approximate surface area is 161 Å². The van der Waals surface area contributed by atoms with Gasteiger partial charge in [0, 0.05) is 28.7 Å². The maximum atomic E-state index is 12.4. The van der Waals surface area contributed by atoms with E-state index >= 15 is 0 Å². The third-order valence-electron chi connectivity index (χ3n) is 4.72. The maximum Gasteiger partial charge on any atom is 0.258 e. The molecule has 0 aliphatic carbocycles. The first-order valence-corrected chi connectivity index (χ1v) is 8.99. The Kier molecular flexibility index (Phi) is 3.90. The lowest BCUT2D eigenvalue weighted by Gasteiger charge is -2.18. The Bertz CT molecular complexity index is 1120. The van der Waals surface area contributed by atoms with Gasteiger partial charge in [0.25, 0.3) is 5.91 Å². The quantitative estimate of drug-likeness (QED) is 0.689. The molecule has 0 spiro atoms. The molecule has 2 aliphatic heterocycles. The lowest BCUT2D eigenvalue weighted by atomic mass is 10.0. The summed E-state index contributed by atoms with van der Waals surface area (Å²) in [5.41, 5.74) is 5.14. The molecular weight excluding hydrogens is 354 g/mol. The molecule has 0 saturated heterocycles. The number of amides is 1. The van der Waals surface area contributed by atoms with Crippen LogP contribution in [0.15, 0.2) is 66.6 Å². The van der Waals surface area contributed by atoms with Gasteiger partial charge < -0.3 is 15.4 Å². The molecule has 2 aromatic carbocycles. The van der Waals surface area contributed by atoms with Gasteiger partial charge in [0.2, 0.25) is 0 Å². The predicted octanol–water partition coefficient (Wildman–Crippen LogP) is 3.16. The van der Waals surface area contributed by atoms with Crippen LogP contribution in [0, 0.1) is 0 Å². The van der Waals surface area contributed by atoms with E-state index in [4.69, 9.17) is 4.74 Å². The zero-order chi connectivity index (χ0) is 18.9. The fourth-order valence-corrected chi connectivity index (χ4v) is 3.38. The number of fused-ring (bicyclic) bond motifs is 2. The molecule has 7 heteroatoms. The van der Waals surface area contributed by atoms with Crippen molar-refractivity contribution in [2.75, 3.05) is 17.2 Å². The number of benzene rings is 2. The van der Waals surface area contributed by atoms with Crippen LogP contribution in [0.1, 0.15) is 11.1 Å². The average Bonchev–Trinajstić information content (AvgIpc) is 3.34. The molecule has 1 amide bonds. The fraction of sp³-hybridized carbons (Fsp3) is 0.0952. The first kappa shape index (κ1) is 16.3. The van der Waals surface area contributed by atoms with Gasteiger partial charge in [0.15, 0.2) is 0 Å². The van der Waals surface area contributed by atoms with E-state index in [1.54, 1.807) is 17.1 Å². The SMILES string of the molecule is O=C1Nc2ccccc2C1=C1C=Cc2cc(OCCn3ccnn3)ccc2N1. The minimum absolute atomic E-state index is 0.0927. The average molecular weight is 371 g/mol. The lowest BCUT2D eigenvalue weighted by Crippen LogP contribution is -2.12. The third kappa shape index (κ3) is 2.92. The summed E-state index contributed by atoms with van der Waals surface area (Å²) >= 11 is 0. The van der Waals surface area contributed by atoms with Crippen LogP contribution in [0.25, 0.3) is 11.6 Å². The van der Waals surface area contributed by atoms with Crippen molar-refractivity contribution < 1.29 is 9.53 Å². The number of ether oxygens (including phenoxy) is 1. The topological polar surface area (TPSA) is 81.1 Å². The van der Waals surface area contributed by atoms with Gasteiger partial charge in [-0.1, -0.05) is 29.5 Å². The van der Waals surface area contributed by atoms with Gasteiger partial charge in [-0.05, 0) is 30.3 Å². The summed E-state index contributed by atoms with van der Waals surface area (Å²) in [7, 11) is 0. The van der Waals surface area contributed by atoms with Crippen molar-refractivity contribution in [2.45, 2.75) is 6.54 Å². The molecule has 1 aromatic heterocycles. The molecule has 28 heavy (non-hydrogen) atoms. The van der Waals surface area contributed by atoms with Gasteiger partial charge in [-0.15, -0.1) is 5.10 Å². The number of para-hydroxylation sites is 1. The van der Waals surface area contributed by atoms with Crippen LogP contribution in [-0.4, -0.2) is 27.5 Å². The van der Waals surface area contributed by atoms with Crippen molar-refractivity contribution in [3.63, 3.8) is 0 Å². The van der Waals surface area contributed by atoms with Crippen molar-refractivity contribution in [1.29, 1.82) is 0 Å². The second-order valence-corrected chi connectivity index (χ2v) is 6.51. The summed E-state index contributed by atoms with van der Waals surface area (Å²) in [6, 6.07) is 13.6. The predicted molar refractivity (Wildman–Crippen MR) is 107 cm³/mol. The summed E-state index contributed by atoms with van der Waals surface area (Å²) in [6.07, 6.45) is 7.37. The first-order valence-electron chi connectivity index (χ1n) is 8.99. The molecule has 2 aliphatic rings. The highest BCUT2D eigenvalue weighted by atomic mass is 16.5. The molecular formula is C21H17N5O2. The van der Waals surface area contributed by atoms with Crippen LogP contribution < -0.4 is 15.4 Å². The molecule has 3 heterocycles. The van der Waals surface area contributed by atoms with E-state index in [2.05, 4.69) is 20.9 Å². The van der Waals surface area contributed by atoms with Crippen LogP contribution in [0.3, 0.4) is 0 Å². The van der Waals surface area contributed by atoms with Crippen LogP contribution in [0.4, 0.5) is 11.4 Å². The molecule has 7 nitrogen and oxygen atoms in total. The number of hydrogen-bond acceptors (Lipinski definition) is 5. The Hall–Kier alpha value is -3.87. The van der Waals surface area contributed by atoms with E-state index in [0.29, 0.717) is 18.7 Å². The van der Waals surface area contributed by atoms with Crippen molar-refractivity contribution in [3.8, 4) is 5.75 Å². The Morgan fingerprint density at radius 3 is 2.86 bits per heavy atom. The lowest BCUT2D eigenvalue weighted by molar-refractivity contribution is -0.110. The summed E-state index contributed by atoms with van der Waals surface area (Å²) in [4.78, 5) is 12.4. The molecule has 0 saturated carbocycles. The van der Waals surface area contributed by atoms with E-state index in [1.807, 2.05) is 54.6 Å². The van der Waals surface area contributed by atoms with Gasteiger partial charge in [-0.3, -0.25) is 4.79 Å². The molecule has 3 aromatic rings. The molecule has 2 N–H and O–H groups in total. The van der Waals surface area contributed by atoms with Crippen molar-refractivity contribution >= 4 is 28.9 Å². The number of carbonyl (C=O) groups excluding carboxylic acids is 1. The van der Waals surface area contributed by atoms with E-state index in [9.17, 15) is 4.79 Å². The Morgan fingerprint density at radius 1 is 1.04 bits per heavy atom. The van der Waals surface area contributed by atoms with Gasteiger partial charge in [0.05, 0.1) is 24.0 Å². The van der Waals surface area contributed by atoms with Gasteiger partial charge in [0.1, 0.15) is 12.4 Å². The number of rotatable bonds is 4. The van der Waals surface area contributed by atoms with E-state index in [-0.39, 0.29) is 5.91 Å². The standard InChI is InChI=1S/C21H17N5O2/c27-21-20(16-3-1-2-4-18(16)24-21)19-7-5-14-13-15(6-8-17(14)23-19)28-12-11-26-10-9-22-25-26/h1-10,13,23H,11-12H2,(H,24,27). The largest absolute Gasteiger partial charge is 0.492 e. The van der Waals surface area contributed by atoms with Gasteiger partial charge in [-0.2, -0.15) is 0 Å². The van der Waals surface area contributed by atoms with E-state index in [1.165, 1.54) is 0 Å². The summed E-state index contributed by atoms with van der Waals surface area (Å²) in [6.45, 7) is 1.14. The molecule has 5 rings (SSSR count). The van der Waals surface area contributed by atoms with E-state index < -0.39 is 0 Å². The second-order valence-electron chi connectivity index (χ2n) is 6.51. The minimum atomic E-state index is -0.0927. The van der Waals surface area contributed by atoms with Crippen LogP contribution in [-0.2, 0) is 11.3 Å². The molecule has 0 unspecified atom stereocenters. The third-order valence-corrected chi connectivity index (χ3v) is 4.72. The number of hydrogen-bond donors (Lipinski definition) is 2. The Balaban J connectivity index is 1.36. The van der Waals surface area contributed by atoms with Crippen molar-refractivity contribution in [2.24, 2.45) is 0 Å². The van der Waals surface area contributed by atoms with Crippen LogP contribution in [0.2, 0.25) is 0 Å². The normalized spacial score (nSPS) is 16.9. The highest BCUT2D eigenvalue weighted by Gasteiger charge is 2.27. The number of aromatic nitrogens is 3. The molecule has 0 radical (unpaired) electrons. The van der Waals surface area contributed by atoms with Crippen molar-refractivity contribution in [3.05, 3.63) is 77.8 Å². The van der Waals surface area contributed by atoms with Gasteiger partial charge >= 0.3 is 0 Å². The van der Waals surface area contributed by atoms with E-state index in [0.717, 1.165) is 33.9 Å². The molecule has 138 valence electrons. The number of nitrogens with zero attached hydrogens (tertiary/aromatic N) is 3. The second kappa shape index (κ2) is 6.70. The fourth-order valence-electron chi connectivity index (χ4n) is 3.38. The highest BCUT2D eigenvalue weighted by Crippen LogP contribution is 2.37. The summed E-state index contributed by atoms with van der Waals surface area (Å²) in [5.74, 6) is 0.690. The van der Waals surface area contributed by atoms with Gasteiger partial charge in [-0.25, -0.2) is 4.68 Å². The maximum absolute atomic E-state index is 12.4. The molecule has 0 atom stereocenters. The number of allylic oxidation sites excluding steroid dienone is 1. The summed E-state index contributed by atoms with van der Waals surface area (Å²) in [5, 5.41) is 14.0. The first-order chi connectivity index (χ1) is 13.8. The monoisotopic (exact) mass is 371 g/mol. The zero-order valence-electron chi connectivity index (χ0n) is 14.9. The van der Waals surface area contributed by atoms with Crippen LogP contribution in [0.5, 0.6) is 5.75 Å². The van der Waals surface area contributed by atoms with Crippen molar-refractivity contribution in [1.82, 2.24) is 15.0 Å². The zero-order valence-corrected chi connectivity index (χ0v) is 14.9. The van der Waals surface area contributed by atoms with Crippen LogP contribution >= 0.6 is 0 Å². The molecule has 0 fully saturated rings. The smallest absolute Gasteiger partial charge is 0.258 e. The number of carbonyl (C=O) groups is 1. The summed E-state index contributed by atoms with van der Waals surface area (Å²) < 4.78 is 7.53. The minimum Gasteiger partial charge on any atom is -0.492 e. The molecule has 0 bridgehead atoms. The highest BCUT2D eigenvalue weighted by molar-refractivity contribution is 6.33. The Morgan fingerprint density at radius 2 is 1.96 bits per heavy atom. The number of anilines is 2. The number of nitrogens with one attached hydrogen (secondary N) is 2.